The second kappa shape index (κ2) is 12.0. The van der Waals surface area contributed by atoms with E-state index in [1.807, 2.05) is 9.80 Å². The molecule has 1 saturated carbocycles. The van der Waals surface area contributed by atoms with Gasteiger partial charge in [0.2, 0.25) is 5.91 Å². The van der Waals surface area contributed by atoms with Crippen LogP contribution in [0.1, 0.15) is 68.1 Å². The Balaban J connectivity index is 1.21. The number of nitrogens with zero attached hydrogens (tertiary/aromatic N) is 5. The summed E-state index contributed by atoms with van der Waals surface area (Å²) >= 11 is 0. The minimum Gasteiger partial charge on any atom is -0.381 e. The molecule has 1 aliphatic carbocycles. The van der Waals surface area contributed by atoms with E-state index in [1.54, 1.807) is 0 Å². The SMILES string of the molecule is Nc1nn2c(c1C(=O)Nc1cncc(F)c1N1CCN(C(=O)C3CNC3)CC1)NC1(CCCCCCCCC1)C(F)C2. The number of nitrogens with one attached hydrogen (secondary N) is 3. The predicted octanol–water partition coefficient (Wildman–Crippen LogP) is 3.15. The monoisotopic (exact) mass is 585 g/mol. The molecule has 0 bridgehead atoms. The van der Waals surface area contributed by atoms with Crippen LogP contribution >= 0.6 is 0 Å². The van der Waals surface area contributed by atoms with E-state index in [0.29, 0.717) is 57.9 Å². The smallest absolute Gasteiger partial charge is 0.263 e. The van der Waals surface area contributed by atoms with Gasteiger partial charge in [0.15, 0.2) is 11.6 Å². The number of hydrogen-bond donors (Lipinski definition) is 4. The Morgan fingerprint density at radius 3 is 2.31 bits per heavy atom. The number of carbonyl (C=O) groups is 2. The summed E-state index contributed by atoms with van der Waals surface area (Å²) in [6, 6.07) is 0. The quantitative estimate of drug-likeness (QED) is 0.430. The van der Waals surface area contributed by atoms with Crippen molar-refractivity contribution in [2.45, 2.75) is 76.0 Å². The number of alkyl halides is 1. The zero-order valence-electron chi connectivity index (χ0n) is 24.0. The Morgan fingerprint density at radius 1 is 1.00 bits per heavy atom. The van der Waals surface area contributed by atoms with Crippen molar-refractivity contribution in [3.8, 4) is 0 Å². The molecule has 5 N–H and O–H groups in total. The lowest BCUT2D eigenvalue weighted by atomic mass is 9.80. The Hall–Kier alpha value is -3.48. The van der Waals surface area contributed by atoms with E-state index in [0.717, 1.165) is 44.7 Å². The van der Waals surface area contributed by atoms with Crippen molar-refractivity contribution in [1.82, 2.24) is 25.0 Å². The number of fused-ring (bicyclic) bond motifs is 1. The molecule has 42 heavy (non-hydrogen) atoms. The minimum atomic E-state index is -1.16. The van der Waals surface area contributed by atoms with Gasteiger partial charge in [0.05, 0.1) is 36.1 Å². The van der Waals surface area contributed by atoms with Crippen molar-refractivity contribution in [3.63, 3.8) is 0 Å². The van der Waals surface area contributed by atoms with Gasteiger partial charge in [0.1, 0.15) is 23.2 Å². The zero-order chi connectivity index (χ0) is 29.3. The molecular weight excluding hydrogens is 544 g/mol. The normalized spacial score (nSPS) is 23.0. The first-order chi connectivity index (χ1) is 20.4. The number of aromatic nitrogens is 3. The average Bonchev–Trinajstić information content (AvgIpc) is 3.26. The van der Waals surface area contributed by atoms with E-state index >= 15 is 8.78 Å². The molecule has 2 amide bonds. The minimum absolute atomic E-state index is 0.00766. The van der Waals surface area contributed by atoms with Crippen LogP contribution in [-0.2, 0) is 11.3 Å². The van der Waals surface area contributed by atoms with E-state index < -0.39 is 23.4 Å². The van der Waals surface area contributed by atoms with Gasteiger partial charge in [-0.1, -0.05) is 44.9 Å². The van der Waals surface area contributed by atoms with Crippen molar-refractivity contribution < 1.29 is 18.4 Å². The summed E-state index contributed by atoms with van der Waals surface area (Å²) in [5, 5.41) is 13.6. The van der Waals surface area contributed by atoms with E-state index in [1.165, 1.54) is 17.3 Å². The van der Waals surface area contributed by atoms with E-state index in [-0.39, 0.29) is 41.1 Å². The molecule has 2 saturated heterocycles. The molecule has 3 fully saturated rings. The number of nitrogens with two attached hydrogens (primary N) is 1. The summed E-state index contributed by atoms with van der Waals surface area (Å²) in [6.45, 7) is 3.17. The third-order valence-corrected chi connectivity index (χ3v) is 9.41. The molecule has 3 aliphatic heterocycles. The molecule has 1 unspecified atom stereocenters. The fourth-order valence-electron chi connectivity index (χ4n) is 6.83. The van der Waals surface area contributed by atoms with Crippen LogP contribution in [0.5, 0.6) is 0 Å². The topological polar surface area (TPSA) is 133 Å². The summed E-state index contributed by atoms with van der Waals surface area (Å²) in [5.41, 5.74) is 6.00. The fraction of sp³-hybridized carbons (Fsp3) is 0.655. The van der Waals surface area contributed by atoms with Gasteiger partial charge in [-0.2, -0.15) is 5.10 Å². The van der Waals surface area contributed by atoms with Crippen molar-refractivity contribution in [2.24, 2.45) is 5.92 Å². The second-order valence-corrected chi connectivity index (χ2v) is 12.2. The van der Waals surface area contributed by atoms with Gasteiger partial charge in [-0.25, -0.2) is 13.5 Å². The summed E-state index contributed by atoms with van der Waals surface area (Å²) in [4.78, 5) is 34.0. The number of pyridine rings is 1. The highest BCUT2D eigenvalue weighted by Crippen LogP contribution is 2.40. The molecule has 13 heteroatoms. The largest absolute Gasteiger partial charge is 0.381 e. The number of amides is 2. The number of carbonyl (C=O) groups excluding carboxylic acids is 2. The molecule has 1 spiro atoms. The molecule has 228 valence electrons. The number of nitrogen functional groups attached to an aromatic ring is 1. The number of anilines is 4. The zero-order valence-corrected chi connectivity index (χ0v) is 24.0. The van der Waals surface area contributed by atoms with Crippen LogP contribution in [0.25, 0.3) is 0 Å². The first-order valence-electron chi connectivity index (χ1n) is 15.3. The Bertz CT molecular complexity index is 1300. The highest BCUT2D eigenvalue weighted by atomic mass is 19.1. The Morgan fingerprint density at radius 2 is 1.67 bits per heavy atom. The number of hydrogen-bond acceptors (Lipinski definition) is 8. The Labute approximate surface area is 244 Å². The van der Waals surface area contributed by atoms with E-state index in [2.05, 4.69) is 26.0 Å². The van der Waals surface area contributed by atoms with Crippen LogP contribution in [0.2, 0.25) is 0 Å². The number of piperazine rings is 1. The lowest BCUT2D eigenvalue weighted by Crippen LogP contribution is -2.56. The molecule has 4 aliphatic rings. The van der Waals surface area contributed by atoms with Crippen LogP contribution in [0.3, 0.4) is 0 Å². The fourth-order valence-corrected chi connectivity index (χ4v) is 6.83. The number of halogens is 2. The first-order valence-corrected chi connectivity index (χ1v) is 15.3. The third kappa shape index (κ3) is 5.50. The molecule has 11 nitrogen and oxygen atoms in total. The van der Waals surface area contributed by atoms with Gasteiger partial charge in [0, 0.05) is 39.3 Å². The lowest BCUT2D eigenvalue weighted by molar-refractivity contribution is -0.137. The maximum atomic E-state index is 15.7. The maximum Gasteiger partial charge on any atom is 0.263 e. The van der Waals surface area contributed by atoms with E-state index in [4.69, 9.17) is 5.73 Å². The van der Waals surface area contributed by atoms with E-state index in [9.17, 15) is 9.59 Å². The van der Waals surface area contributed by atoms with Gasteiger partial charge in [-0.15, -0.1) is 0 Å². The first kappa shape index (κ1) is 28.6. The molecule has 5 heterocycles. The van der Waals surface area contributed by atoms with Crippen molar-refractivity contribution >= 4 is 34.8 Å². The molecular formula is C29H41F2N9O2. The molecule has 2 aromatic heterocycles. The lowest BCUT2D eigenvalue weighted by Gasteiger charge is -2.42. The van der Waals surface area contributed by atoms with Crippen molar-refractivity contribution in [2.75, 3.05) is 60.5 Å². The van der Waals surface area contributed by atoms with Gasteiger partial charge >= 0.3 is 0 Å². The highest BCUT2D eigenvalue weighted by molar-refractivity contribution is 6.12. The van der Waals surface area contributed by atoms with Gasteiger partial charge in [-0.05, 0) is 12.8 Å². The van der Waals surface area contributed by atoms with Crippen LogP contribution < -0.4 is 26.6 Å². The Kier molecular flexibility index (Phi) is 8.19. The molecule has 0 radical (unpaired) electrons. The maximum absolute atomic E-state index is 15.7. The molecule has 1 atom stereocenters. The standard InChI is InChI=1S/C29H41F2N9O2/c30-20-16-34-17-21(24(20)38-10-12-39(13-11-38)28(42)19-14-33-15-19)35-27(41)23-25(32)37-40-18-22(31)29(36-26(23)40)8-6-4-2-1-3-5-7-9-29/h16-17,19,22,33,36H,1-15,18H2,(H2,32,37)(H,35,41). The molecule has 2 aromatic rings. The van der Waals surface area contributed by atoms with Crippen LogP contribution in [-0.4, -0.2) is 82.5 Å². The van der Waals surface area contributed by atoms with Crippen LogP contribution in [0, 0.1) is 11.7 Å². The molecule has 0 aromatic carbocycles. The summed E-state index contributed by atoms with van der Waals surface area (Å²) in [5.74, 6) is -0.613. The predicted molar refractivity (Wildman–Crippen MR) is 157 cm³/mol. The average molecular weight is 586 g/mol. The van der Waals surface area contributed by atoms with Crippen molar-refractivity contribution in [1.29, 1.82) is 0 Å². The third-order valence-electron chi connectivity index (χ3n) is 9.41. The summed E-state index contributed by atoms with van der Waals surface area (Å²) in [7, 11) is 0. The van der Waals surface area contributed by atoms with Gasteiger partial charge in [0.25, 0.3) is 5.91 Å². The van der Waals surface area contributed by atoms with Crippen LogP contribution in [0.4, 0.5) is 31.8 Å². The summed E-state index contributed by atoms with van der Waals surface area (Å²) < 4.78 is 32.4. The van der Waals surface area contributed by atoms with Crippen LogP contribution in [0.15, 0.2) is 12.4 Å². The summed E-state index contributed by atoms with van der Waals surface area (Å²) in [6.07, 6.45) is 10.2. The van der Waals surface area contributed by atoms with Crippen molar-refractivity contribution in [3.05, 3.63) is 23.8 Å². The van der Waals surface area contributed by atoms with Gasteiger partial charge < -0.3 is 31.5 Å². The molecule has 6 rings (SSSR count). The number of rotatable bonds is 4. The van der Waals surface area contributed by atoms with Gasteiger partial charge in [-0.3, -0.25) is 14.6 Å². The second-order valence-electron chi connectivity index (χ2n) is 12.2. The highest BCUT2D eigenvalue weighted by Gasteiger charge is 2.45.